The molecule has 0 aromatic carbocycles. The Morgan fingerprint density at radius 3 is 2.54 bits per heavy atom. The summed E-state index contributed by atoms with van der Waals surface area (Å²) in [5, 5.41) is 9.33. The van der Waals surface area contributed by atoms with Crippen LogP contribution in [0, 0.1) is 0 Å². The minimum atomic E-state index is -0.143. The van der Waals surface area contributed by atoms with E-state index in [-0.39, 0.29) is 17.6 Å². The Balaban J connectivity index is 0.000000177. The molecule has 0 aliphatic carbocycles. The van der Waals surface area contributed by atoms with Crippen LogP contribution in [0.5, 0.6) is 0 Å². The first kappa shape index (κ1) is 19.6. The van der Waals surface area contributed by atoms with Crippen LogP contribution in [-0.2, 0) is 9.53 Å². The maximum Gasteiger partial charge on any atom is 0.219 e. The van der Waals surface area contributed by atoms with Crippen LogP contribution in [0.15, 0.2) is 0 Å². The molecule has 3 heterocycles. The van der Waals surface area contributed by atoms with Gasteiger partial charge in [-0.3, -0.25) is 14.6 Å². The van der Waals surface area contributed by atoms with Crippen molar-refractivity contribution in [1.29, 1.82) is 0 Å². The summed E-state index contributed by atoms with van der Waals surface area (Å²) < 4.78 is 5.05. The average molecular weight is 341 g/mol. The van der Waals surface area contributed by atoms with Gasteiger partial charge in [0.25, 0.3) is 0 Å². The number of nitrogens with zero attached hydrogens (tertiary/aromatic N) is 3. The van der Waals surface area contributed by atoms with Crippen molar-refractivity contribution < 1.29 is 14.6 Å². The van der Waals surface area contributed by atoms with Crippen molar-refractivity contribution in [3.05, 3.63) is 0 Å². The Hall–Kier alpha value is -0.690. The topological polar surface area (TPSA) is 56.3 Å². The summed E-state index contributed by atoms with van der Waals surface area (Å²) in [5.41, 5.74) is 0.238. The monoisotopic (exact) mass is 341 g/mol. The molecule has 1 spiro atoms. The number of carbonyl (C=O) groups is 1. The molecule has 3 rings (SSSR count). The van der Waals surface area contributed by atoms with Crippen LogP contribution < -0.4 is 0 Å². The van der Waals surface area contributed by atoms with Crippen molar-refractivity contribution in [3.8, 4) is 0 Å². The first-order valence-corrected chi connectivity index (χ1v) is 9.37. The number of rotatable bonds is 4. The van der Waals surface area contributed by atoms with Gasteiger partial charge in [-0.05, 0) is 32.4 Å². The summed E-state index contributed by atoms with van der Waals surface area (Å²) in [7, 11) is 1.71. The lowest BCUT2D eigenvalue weighted by atomic mass is 9.87. The lowest BCUT2D eigenvalue weighted by molar-refractivity contribution is -0.139. The molecule has 1 N–H and O–H groups in total. The summed E-state index contributed by atoms with van der Waals surface area (Å²) in [4.78, 5) is 18.1. The largest absolute Gasteiger partial charge is 0.392 e. The number of hydrogen-bond donors (Lipinski definition) is 1. The summed E-state index contributed by atoms with van der Waals surface area (Å²) in [6, 6.07) is 0.431. The second-order valence-corrected chi connectivity index (χ2v) is 7.39. The molecule has 0 aromatic rings. The fourth-order valence-electron chi connectivity index (χ4n) is 4.48. The quantitative estimate of drug-likeness (QED) is 0.819. The maximum atomic E-state index is 11.4. The molecule has 6 nitrogen and oxygen atoms in total. The Morgan fingerprint density at radius 2 is 2.00 bits per heavy atom. The van der Waals surface area contributed by atoms with Crippen LogP contribution in [0.3, 0.4) is 0 Å². The second-order valence-electron chi connectivity index (χ2n) is 7.39. The van der Waals surface area contributed by atoms with E-state index < -0.39 is 0 Å². The number of hydrogen-bond acceptors (Lipinski definition) is 5. The number of likely N-dealkylation sites (tertiary alicyclic amines) is 3. The predicted octanol–water partition coefficient (Wildman–Crippen LogP) is 0.791. The van der Waals surface area contributed by atoms with Gasteiger partial charge in [0.1, 0.15) is 0 Å². The van der Waals surface area contributed by atoms with Gasteiger partial charge in [0.2, 0.25) is 5.91 Å². The zero-order valence-electron chi connectivity index (χ0n) is 15.8. The van der Waals surface area contributed by atoms with E-state index in [0.717, 1.165) is 52.3 Å². The summed E-state index contributed by atoms with van der Waals surface area (Å²) >= 11 is 0. The summed E-state index contributed by atoms with van der Waals surface area (Å²) in [6.45, 7) is 12.8. The molecule has 3 fully saturated rings. The average Bonchev–Trinajstić information content (AvgIpc) is 3.10. The van der Waals surface area contributed by atoms with Crippen molar-refractivity contribution in [1.82, 2.24) is 14.7 Å². The minimum Gasteiger partial charge on any atom is -0.392 e. The van der Waals surface area contributed by atoms with Gasteiger partial charge in [-0.25, -0.2) is 0 Å². The van der Waals surface area contributed by atoms with Gasteiger partial charge in [-0.15, -0.1) is 0 Å². The number of amides is 1. The molecule has 140 valence electrons. The molecule has 24 heavy (non-hydrogen) atoms. The third-order valence-corrected chi connectivity index (χ3v) is 5.73. The van der Waals surface area contributed by atoms with Gasteiger partial charge >= 0.3 is 0 Å². The Kier molecular flexibility index (Phi) is 7.04. The highest BCUT2D eigenvalue weighted by Gasteiger charge is 2.50. The number of ether oxygens (including phenoxy) is 1. The van der Waals surface area contributed by atoms with Crippen LogP contribution in [0.2, 0.25) is 0 Å². The number of β-amino-alcohol motifs (C(OH)–C–C–N with tert-alkyl or cyclic N) is 1. The number of methoxy groups -OCH3 is 1. The normalized spacial score (nSPS) is 29.5. The summed E-state index contributed by atoms with van der Waals surface area (Å²) in [5.74, 6) is 0.258. The van der Waals surface area contributed by atoms with E-state index in [1.165, 1.54) is 12.8 Å². The molecule has 0 bridgehead atoms. The smallest absolute Gasteiger partial charge is 0.219 e. The van der Waals surface area contributed by atoms with Crippen LogP contribution >= 0.6 is 0 Å². The second kappa shape index (κ2) is 8.61. The lowest BCUT2D eigenvalue weighted by Gasteiger charge is -2.52. The van der Waals surface area contributed by atoms with Crippen LogP contribution in [0.25, 0.3) is 0 Å². The molecule has 0 aromatic heterocycles. The number of aliphatic hydroxyl groups is 1. The van der Waals surface area contributed by atoms with Crippen molar-refractivity contribution in [3.63, 3.8) is 0 Å². The molecule has 3 aliphatic heterocycles. The first-order valence-electron chi connectivity index (χ1n) is 9.37. The molecule has 0 radical (unpaired) electrons. The maximum absolute atomic E-state index is 11.4. The van der Waals surface area contributed by atoms with Gasteiger partial charge in [0.15, 0.2) is 0 Å². The fourth-order valence-corrected chi connectivity index (χ4v) is 4.48. The molecule has 3 aliphatic rings. The number of likely N-dealkylation sites (N-methyl/N-ethyl adjacent to an activating group) is 2. The molecular weight excluding hydrogens is 306 g/mol. The van der Waals surface area contributed by atoms with Crippen LogP contribution in [-0.4, -0.2) is 96.4 Å². The molecule has 3 saturated heterocycles. The third-order valence-electron chi connectivity index (χ3n) is 5.73. The molecule has 2 unspecified atom stereocenters. The zero-order valence-corrected chi connectivity index (χ0v) is 15.8. The highest BCUT2D eigenvalue weighted by atomic mass is 16.5. The van der Waals surface area contributed by atoms with Crippen molar-refractivity contribution >= 4 is 5.91 Å². The Morgan fingerprint density at radius 1 is 1.29 bits per heavy atom. The highest BCUT2D eigenvalue weighted by Crippen LogP contribution is 2.37. The SMILES string of the molecule is CCN1CC(O)CC1COC.CCN1CC2(CCCN2C(C)=O)C1. The van der Waals surface area contributed by atoms with Crippen LogP contribution in [0.4, 0.5) is 0 Å². The zero-order chi connectivity index (χ0) is 17.7. The Labute approximate surface area is 146 Å². The van der Waals surface area contributed by atoms with Gasteiger partial charge in [-0.2, -0.15) is 0 Å². The van der Waals surface area contributed by atoms with Crippen molar-refractivity contribution in [2.75, 3.05) is 53.0 Å². The van der Waals surface area contributed by atoms with Crippen LogP contribution in [0.1, 0.15) is 40.0 Å². The van der Waals surface area contributed by atoms with E-state index in [0.29, 0.717) is 6.04 Å². The number of carbonyl (C=O) groups excluding carboxylic acids is 1. The van der Waals surface area contributed by atoms with E-state index in [4.69, 9.17) is 4.74 Å². The number of aliphatic hydroxyl groups excluding tert-OH is 1. The van der Waals surface area contributed by atoms with Gasteiger partial charge in [0, 0.05) is 46.3 Å². The van der Waals surface area contributed by atoms with Gasteiger partial charge < -0.3 is 14.7 Å². The molecule has 1 amide bonds. The molecule has 2 atom stereocenters. The van der Waals surface area contributed by atoms with E-state index in [1.54, 1.807) is 14.0 Å². The molecule has 6 heteroatoms. The van der Waals surface area contributed by atoms with E-state index in [9.17, 15) is 9.90 Å². The van der Waals surface area contributed by atoms with E-state index in [1.807, 2.05) is 0 Å². The lowest BCUT2D eigenvalue weighted by Crippen LogP contribution is -2.68. The predicted molar refractivity (Wildman–Crippen MR) is 95.0 cm³/mol. The van der Waals surface area contributed by atoms with E-state index in [2.05, 4.69) is 28.5 Å². The fraction of sp³-hybridized carbons (Fsp3) is 0.944. The van der Waals surface area contributed by atoms with Gasteiger partial charge in [0.05, 0.1) is 18.2 Å². The standard InChI is InChI=1S/C10H18N2O.C8H17NO2/c1-3-11-7-10(8-11)5-4-6-12(10)9(2)13;1-3-9-5-8(10)4-7(9)6-11-2/h3-8H2,1-2H3;7-8,10H,3-6H2,1-2H3. The van der Waals surface area contributed by atoms with Crippen molar-refractivity contribution in [2.45, 2.75) is 57.7 Å². The Bertz CT molecular complexity index is 412. The first-order chi connectivity index (χ1) is 11.5. The van der Waals surface area contributed by atoms with Crippen molar-refractivity contribution in [2.24, 2.45) is 0 Å². The highest BCUT2D eigenvalue weighted by molar-refractivity contribution is 5.75. The van der Waals surface area contributed by atoms with Gasteiger partial charge in [-0.1, -0.05) is 13.8 Å². The summed E-state index contributed by atoms with van der Waals surface area (Å²) in [6.07, 6.45) is 3.12. The minimum absolute atomic E-state index is 0.143. The molecule has 0 saturated carbocycles. The van der Waals surface area contributed by atoms with E-state index >= 15 is 0 Å². The molecular formula is C18H35N3O3. The third kappa shape index (κ3) is 4.28.